The Bertz CT molecular complexity index is 881. The maximum Gasteiger partial charge on any atom is 0.340 e. The summed E-state index contributed by atoms with van der Waals surface area (Å²) in [6.07, 6.45) is 0.952. The SMILES string of the molecule is COC(=O)c1ccccc1N(CCC(=O)Nc1ccccc1)S(C)(=O)=O. The zero-order chi connectivity index (χ0) is 19.2. The van der Waals surface area contributed by atoms with Crippen LogP contribution in [0.2, 0.25) is 0 Å². The first-order chi connectivity index (χ1) is 12.3. The van der Waals surface area contributed by atoms with Gasteiger partial charge in [0, 0.05) is 18.7 Å². The molecule has 0 saturated carbocycles. The third kappa shape index (κ3) is 5.06. The van der Waals surface area contributed by atoms with Gasteiger partial charge in [0.15, 0.2) is 0 Å². The second-order valence-corrected chi connectivity index (χ2v) is 7.41. The molecular weight excluding hydrogens is 356 g/mol. The van der Waals surface area contributed by atoms with Gasteiger partial charge >= 0.3 is 5.97 Å². The summed E-state index contributed by atoms with van der Waals surface area (Å²) < 4.78 is 30.2. The number of rotatable bonds is 7. The first kappa shape index (κ1) is 19.5. The highest BCUT2D eigenvalue weighted by Gasteiger charge is 2.24. The summed E-state index contributed by atoms with van der Waals surface area (Å²) in [6, 6.07) is 15.1. The second kappa shape index (κ2) is 8.48. The van der Waals surface area contributed by atoms with E-state index in [9.17, 15) is 18.0 Å². The van der Waals surface area contributed by atoms with E-state index in [1.165, 1.54) is 19.2 Å². The average Bonchev–Trinajstić information content (AvgIpc) is 2.61. The van der Waals surface area contributed by atoms with Crippen molar-refractivity contribution in [2.45, 2.75) is 6.42 Å². The Balaban J connectivity index is 2.20. The van der Waals surface area contributed by atoms with Gasteiger partial charge in [-0.1, -0.05) is 30.3 Å². The van der Waals surface area contributed by atoms with Crippen molar-refractivity contribution in [2.75, 3.05) is 29.5 Å². The molecule has 1 amide bonds. The molecule has 2 aromatic rings. The largest absolute Gasteiger partial charge is 0.465 e. The molecule has 1 N–H and O–H groups in total. The molecule has 0 radical (unpaired) electrons. The van der Waals surface area contributed by atoms with Crippen LogP contribution in [-0.4, -0.2) is 40.2 Å². The van der Waals surface area contributed by atoms with E-state index in [4.69, 9.17) is 4.74 Å². The van der Waals surface area contributed by atoms with Crippen molar-refractivity contribution in [2.24, 2.45) is 0 Å². The van der Waals surface area contributed by atoms with Crippen LogP contribution >= 0.6 is 0 Å². The molecule has 0 aliphatic carbocycles. The molecular formula is C18H20N2O5S. The Morgan fingerprint density at radius 2 is 1.65 bits per heavy atom. The molecule has 0 aliphatic rings. The number of carbonyl (C=O) groups excluding carboxylic acids is 2. The molecule has 2 rings (SSSR count). The zero-order valence-corrected chi connectivity index (χ0v) is 15.3. The fraction of sp³-hybridized carbons (Fsp3) is 0.222. The van der Waals surface area contributed by atoms with E-state index in [2.05, 4.69) is 5.32 Å². The summed E-state index contributed by atoms with van der Waals surface area (Å²) in [4.78, 5) is 24.0. The lowest BCUT2D eigenvalue weighted by Crippen LogP contribution is -2.34. The number of ether oxygens (including phenoxy) is 1. The molecule has 0 bridgehead atoms. The fourth-order valence-corrected chi connectivity index (χ4v) is 3.33. The van der Waals surface area contributed by atoms with Crippen molar-refractivity contribution < 1.29 is 22.7 Å². The number of methoxy groups -OCH3 is 1. The van der Waals surface area contributed by atoms with Gasteiger partial charge in [-0.2, -0.15) is 0 Å². The smallest absolute Gasteiger partial charge is 0.340 e. The van der Waals surface area contributed by atoms with Crippen LogP contribution in [0.3, 0.4) is 0 Å². The lowest BCUT2D eigenvalue weighted by molar-refractivity contribution is -0.116. The Morgan fingerprint density at radius 1 is 1.04 bits per heavy atom. The van der Waals surface area contributed by atoms with Crippen LogP contribution in [0, 0.1) is 0 Å². The van der Waals surface area contributed by atoms with Crippen LogP contribution < -0.4 is 9.62 Å². The van der Waals surface area contributed by atoms with E-state index < -0.39 is 16.0 Å². The number of carbonyl (C=O) groups is 2. The van der Waals surface area contributed by atoms with E-state index in [1.54, 1.807) is 36.4 Å². The van der Waals surface area contributed by atoms with Gasteiger partial charge in [0.05, 0.1) is 24.6 Å². The molecule has 0 aliphatic heterocycles. The minimum atomic E-state index is -3.71. The van der Waals surface area contributed by atoms with Crippen molar-refractivity contribution >= 4 is 33.3 Å². The van der Waals surface area contributed by atoms with E-state index in [0.29, 0.717) is 5.69 Å². The van der Waals surface area contributed by atoms with Crippen molar-refractivity contribution in [3.8, 4) is 0 Å². The third-order valence-corrected chi connectivity index (χ3v) is 4.76. The Morgan fingerprint density at radius 3 is 2.27 bits per heavy atom. The van der Waals surface area contributed by atoms with Crippen molar-refractivity contribution in [3.05, 3.63) is 60.2 Å². The number of nitrogens with one attached hydrogen (secondary N) is 1. The summed E-state index contributed by atoms with van der Waals surface area (Å²) in [5.41, 5.74) is 0.914. The van der Waals surface area contributed by atoms with Crippen LogP contribution in [0.4, 0.5) is 11.4 Å². The molecule has 0 saturated heterocycles. The van der Waals surface area contributed by atoms with Gasteiger partial charge in [-0.05, 0) is 24.3 Å². The molecule has 0 spiro atoms. The van der Waals surface area contributed by atoms with Gasteiger partial charge < -0.3 is 10.1 Å². The topological polar surface area (TPSA) is 92.8 Å². The molecule has 138 valence electrons. The molecule has 0 atom stereocenters. The van der Waals surface area contributed by atoms with Gasteiger partial charge in [-0.25, -0.2) is 13.2 Å². The van der Waals surface area contributed by atoms with E-state index >= 15 is 0 Å². The van der Waals surface area contributed by atoms with Crippen molar-refractivity contribution in [1.29, 1.82) is 0 Å². The zero-order valence-electron chi connectivity index (χ0n) is 14.5. The summed E-state index contributed by atoms with van der Waals surface area (Å²) in [6.45, 7) is -0.106. The number of nitrogens with zero attached hydrogens (tertiary/aromatic N) is 1. The highest BCUT2D eigenvalue weighted by atomic mass is 32.2. The Labute approximate surface area is 152 Å². The molecule has 2 aromatic carbocycles. The molecule has 0 unspecified atom stereocenters. The van der Waals surface area contributed by atoms with Gasteiger partial charge in [0.2, 0.25) is 15.9 Å². The standard InChI is InChI=1S/C18H20N2O5S/c1-25-18(22)15-10-6-7-11-16(15)20(26(2,23)24)13-12-17(21)19-14-8-4-3-5-9-14/h3-11H,12-13H2,1-2H3,(H,19,21). The first-order valence-electron chi connectivity index (χ1n) is 7.83. The Kier molecular flexibility index (Phi) is 6.35. The van der Waals surface area contributed by atoms with Crippen LogP contribution in [-0.2, 0) is 19.6 Å². The summed E-state index contributed by atoms with van der Waals surface area (Å²) in [7, 11) is -2.49. The van der Waals surface area contributed by atoms with E-state index in [1.807, 2.05) is 6.07 Å². The lowest BCUT2D eigenvalue weighted by atomic mass is 10.1. The fourth-order valence-electron chi connectivity index (χ4n) is 2.39. The molecule has 0 aromatic heterocycles. The number of benzene rings is 2. The Hall–Kier alpha value is -2.87. The monoisotopic (exact) mass is 376 g/mol. The third-order valence-electron chi connectivity index (χ3n) is 3.58. The van der Waals surface area contributed by atoms with E-state index in [-0.39, 0.29) is 30.1 Å². The van der Waals surface area contributed by atoms with E-state index in [0.717, 1.165) is 10.6 Å². The number of hydrogen-bond donors (Lipinski definition) is 1. The molecule has 7 nitrogen and oxygen atoms in total. The first-order valence-corrected chi connectivity index (χ1v) is 9.67. The quantitative estimate of drug-likeness (QED) is 0.748. The molecule has 8 heteroatoms. The van der Waals surface area contributed by atoms with Crippen LogP contribution in [0.15, 0.2) is 54.6 Å². The predicted molar refractivity (Wildman–Crippen MR) is 99.7 cm³/mol. The minimum absolute atomic E-state index is 0.0720. The highest BCUT2D eigenvalue weighted by molar-refractivity contribution is 7.92. The van der Waals surface area contributed by atoms with Crippen LogP contribution in [0.25, 0.3) is 0 Å². The maximum absolute atomic E-state index is 12.2. The van der Waals surface area contributed by atoms with Gasteiger partial charge in [-0.3, -0.25) is 9.10 Å². The van der Waals surface area contributed by atoms with Gasteiger partial charge in [-0.15, -0.1) is 0 Å². The number of esters is 1. The highest BCUT2D eigenvalue weighted by Crippen LogP contribution is 2.24. The van der Waals surface area contributed by atoms with Gasteiger partial charge in [0.1, 0.15) is 0 Å². The maximum atomic E-state index is 12.2. The predicted octanol–water partition coefficient (Wildman–Crippen LogP) is 2.27. The number of para-hydroxylation sites is 2. The van der Waals surface area contributed by atoms with Crippen molar-refractivity contribution in [1.82, 2.24) is 0 Å². The summed E-state index contributed by atoms with van der Waals surface area (Å²) in [5.74, 6) is -0.983. The molecule has 26 heavy (non-hydrogen) atoms. The summed E-state index contributed by atoms with van der Waals surface area (Å²) >= 11 is 0. The van der Waals surface area contributed by atoms with Crippen LogP contribution in [0.5, 0.6) is 0 Å². The second-order valence-electron chi connectivity index (χ2n) is 5.51. The number of anilines is 2. The lowest BCUT2D eigenvalue weighted by Gasteiger charge is -2.24. The number of hydrogen-bond acceptors (Lipinski definition) is 5. The molecule has 0 fully saturated rings. The normalized spacial score (nSPS) is 10.8. The average molecular weight is 376 g/mol. The summed E-state index contributed by atoms with van der Waals surface area (Å²) in [5, 5.41) is 2.70. The van der Waals surface area contributed by atoms with Crippen LogP contribution in [0.1, 0.15) is 16.8 Å². The number of amides is 1. The number of sulfonamides is 1. The minimum Gasteiger partial charge on any atom is -0.465 e. The van der Waals surface area contributed by atoms with Crippen molar-refractivity contribution in [3.63, 3.8) is 0 Å². The van der Waals surface area contributed by atoms with Gasteiger partial charge in [0.25, 0.3) is 0 Å². The molecule has 0 heterocycles.